The number of benzene rings is 2. The molecule has 2 heterocycles. The molecule has 0 fully saturated rings. The van der Waals surface area contributed by atoms with E-state index >= 15 is 0 Å². The SMILES string of the molecule is CCOC(=O)c1c(-c2ccc(Cl)cc2)csc1NC(=O)/C(C#N)=C/c1ccc(-c2cccc(Cl)c2)o1. The Morgan fingerprint density at radius 3 is 2.56 bits per heavy atom. The molecule has 1 N–H and O–H groups in total. The Bertz CT molecular complexity index is 1500. The van der Waals surface area contributed by atoms with Gasteiger partial charge >= 0.3 is 5.97 Å². The van der Waals surface area contributed by atoms with Gasteiger partial charge in [0.1, 0.15) is 33.7 Å². The lowest BCUT2D eigenvalue weighted by Gasteiger charge is -2.08. The van der Waals surface area contributed by atoms with E-state index in [1.54, 1.807) is 66.9 Å². The molecule has 0 spiro atoms. The summed E-state index contributed by atoms with van der Waals surface area (Å²) < 4.78 is 11.0. The van der Waals surface area contributed by atoms with Crippen LogP contribution in [0.15, 0.2) is 76.0 Å². The quantitative estimate of drug-likeness (QED) is 0.148. The van der Waals surface area contributed by atoms with Gasteiger partial charge in [0.05, 0.1) is 6.61 Å². The van der Waals surface area contributed by atoms with E-state index in [0.717, 1.165) is 22.5 Å². The summed E-state index contributed by atoms with van der Waals surface area (Å²) in [6.07, 6.45) is 1.33. The molecule has 2 aromatic carbocycles. The van der Waals surface area contributed by atoms with Crippen LogP contribution in [-0.4, -0.2) is 18.5 Å². The largest absolute Gasteiger partial charge is 0.462 e. The minimum Gasteiger partial charge on any atom is -0.462 e. The molecule has 1 amide bonds. The highest BCUT2D eigenvalue weighted by Gasteiger charge is 2.24. The Morgan fingerprint density at radius 1 is 1.08 bits per heavy atom. The molecule has 4 aromatic rings. The van der Waals surface area contributed by atoms with E-state index in [4.69, 9.17) is 32.4 Å². The first-order valence-corrected chi connectivity index (χ1v) is 12.4. The Kier molecular flexibility index (Phi) is 7.91. The van der Waals surface area contributed by atoms with Gasteiger partial charge in [0.2, 0.25) is 0 Å². The van der Waals surface area contributed by atoms with E-state index in [9.17, 15) is 14.9 Å². The predicted molar refractivity (Wildman–Crippen MR) is 142 cm³/mol. The van der Waals surface area contributed by atoms with Crippen LogP contribution in [0, 0.1) is 11.3 Å². The molecule has 0 unspecified atom stereocenters. The van der Waals surface area contributed by atoms with Crippen molar-refractivity contribution in [2.75, 3.05) is 11.9 Å². The third kappa shape index (κ3) is 5.69. The van der Waals surface area contributed by atoms with Crippen molar-refractivity contribution in [3.63, 3.8) is 0 Å². The van der Waals surface area contributed by atoms with Gasteiger partial charge in [-0.1, -0.05) is 47.5 Å². The van der Waals surface area contributed by atoms with E-state index < -0.39 is 11.9 Å². The summed E-state index contributed by atoms with van der Waals surface area (Å²) in [4.78, 5) is 25.7. The molecule has 0 saturated carbocycles. The van der Waals surface area contributed by atoms with Gasteiger partial charge < -0.3 is 14.5 Å². The molecule has 0 atom stereocenters. The zero-order chi connectivity index (χ0) is 25.7. The maximum atomic E-state index is 13.0. The Labute approximate surface area is 221 Å². The molecule has 2 aromatic heterocycles. The number of anilines is 1. The fourth-order valence-corrected chi connectivity index (χ4v) is 4.66. The number of furan rings is 1. The number of carbonyl (C=O) groups is 2. The number of halogens is 2. The van der Waals surface area contributed by atoms with Gasteiger partial charge in [0, 0.05) is 32.6 Å². The van der Waals surface area contributed by atoms with Crippen LogP contribution in [0.5, 0.6) is 0 Å². The van der Waals surface area contributed by atoms with Crippen molar-refractivity contribution in [1.29, 1.82) is 5.26 Å². The van der Waals surface area contributed by atoms with Crippen LogP contribution in [0.3, 0.4) is 0 Å². The minimum atomic E-state index is -0.687. The highest BCUT2D eigenvalue weighted by atomic mass is 35.5. The second-order valence-electron chi connectivity index (χ2n) is 7.42. The molecular formula is C27H18Cl2N2O4S. The maximum Gasteiger partial charge on any atom is 0.341 e. The number of thiophene rings is 1. The van der Waals surface area contributed by atoms with Gasteiger partial charge in [-0.2, -0.15) is 5.26 Å². The summed E-state index contributed by atoms with van der Waals surface area (Å²) in [6, 6.07) is 19.3. The molecule has 0 aliphatic rings. The van der Waals surface area contributed by atoms with E-state index in [1.807, 2.05) is 12.1 Å². The molecule has 0 radical (unpaired) electrons. The molecule has 0 aliphatic carbocycles. The standard InChI is InChI=1S/C27H18Cl2N2O4S/c1-2-34-27(33)24-22(16-6-8-19(28)9-7-16)15-36-26(24)31-25(32)18(14-30)13-21-10-11-23(35-21)17-4-3-5-20(29)12-17/h3-13,15H,2H2,1H3,(H,31,32)/b18-13+. The molecular weight excluding hydrogens is 519 g/mol. The lowest BCUT2D eigenvalue weighted by molar-refractivity contribution is -0.112. The van der Waals surface area contributed by atoms with Crippen molar-refractivity contribution in [3.05, 3.63) is 93.0 Å². The van der Waals surface area contributed by atoms with E-state index in [1.165, 1.54) is 6.08 Å². The number of hydrogen-bond donors (Lipinski definition) is 1. The molecule has 0 saturated heterocycles. The summed E-state index contributed by atoms with van der Waals surface area (Å²) in [6.45, 7) is 1.86. The number of nitrogens with one attached hydrogen (secondary N) is 1. The van der Waals surface area contributed by atoms with Gasteiger partial charge in [-0.05, 0) is 48.9 Å². The van der Waals surface area contributed by atoms with E-state index in [-0.39, 0.29) is 22.7 Å². The molecule has 6 nitrogen and oxygen atoms in total. The van der Waals surface area contributed by atoms with Gasteiger partial charge in [-0.25, -0.2) is 4.79 Å². The van der Waals surface area contributed by atoms with Crippen LogP contribution in [0.4, 0.5) is 5.00 Å². The topological polar surface area (TPSA) is 92.3 Å². The fraction of sp³-hybridized carbons (Fsp3) is 0.0741. The zero-order valence-electron chi connectivity index (χ0n) is 18.9. The first-order valence-electron chi connectivity index (χ1n) is 10.7. The third-order valence-electron chi connectivity index (χ3n) is 5.04. The normalized spacial score (nSPS) is 11.1. The number of ether oxygens (including phenoxy) is 1. The van der Waals surface area contributed by atoms with Crippen molar-refractivity contribution < 1.29 is 18.7 Å². The Morgan fingerprint density at radius 2 is 1.86 bits per heavy atom. The summed E-state index contributed by atoms with van der Waals surface area (Å²) in [5.41, 5.74) is 2.09. The highest BCUT2D eigenvalue weighted by Crippen LogP contribution is 2.37. The number of nitriles is 1. The van der Waals surface area contributed by atoms with Crippen LogP contribution in [-0.2, 0) is 9.53 Å². The third-order valence-corrected chi connectivity index (χ3v) is 6.42. The monoisotopic (exact) mass is 536 g/mol. The highest BCUT2D eigenvalue weighted by molar-refractivity contribution is 7.15. The number of hydrogen-bond acceptors (Lipinski definition) is 6. The number of nitrogens with zero attached hydrogens (tertiary/aromatic N) is 1. The van der Waals surface area contributed by atoms with Crippen molar-refractivity contribution >= 4 is 57.5 Å². The molecule has 4 rings (SSSR count). The predicted octanol–water partition coefficient (Wildman–Crippen LogP) is 7.70. The van der Waals surface area contributed by atoms with Gasteiger partial charge in [0.25, 0.3) is 5.91 Å². The van der Waals surface area contributed by atoms with Gasteiger partial charge in [-0.3, -0.25) is 4.79 Å². The average Bonchev–Trinajstić information content (AvgIpc) is 3.50. The fourth-order valence-electron chi connectivity index (χ4n) is 3.39. The first-order chi connectivity index (χ1) is 17.4. The first kappa shape index (κ1) is 25.3. The molecule has 36 heavy (non-hydrogen) atoms. The number of esters is 1. The molecule has 0 bridgehead atoms. The summed E-state index contributed by atoms with van der Waals surface area (Å²) in [7, 11) is 0. The van der Waals surface area contributed by atoms with Crippen molar-refractivity contribution in [2.24, 2.45) is 0 Å². The second-order valence-corrected chi connectivity index (χ2v) is 9.17. The van der Waals surface area contributed by atoms with Crippen LogP contribution in [0.2, 0.25) is 10.0 Å². The summed E-state index contributed by atoms with van der Waals surface area (Å²) in [5.74, 6) is -0.417. The van der Waals surface area contributed by atoms with Crippen LogP contribution >= 0.6 is 34.5 Å². The van der Waals surface area contributed by atoms with Crippen LogP contribution in [0.1, 0.15) is 23.0 Å². The van der Waals surface area contributed by atoms with Crippen molar-refractivity contribution in [2.45, 2.75) is 6.92 Å². The molecule has 180 valence electrons. The lowest BCUT2D eigenvalue weighted by Crippen LogP contribution is -2.16. The van der Waals surface area contributed by atoms with Crippen molar-refractivity contribution in [1.82, 2.24) is 0 Å². The van der Waals surface area contributed by atoms with Gasteiger partial charge in [-0.15, -0.1) is 11.3 Å². The average molecular weight is 537 g/mol. The molecule has 0 aliphatic heterocycles. The summed E-state index contributed by atoms with van der Waals surface area (Å²) in [5, 5.41) is 15.4. The Hall–Kier alpha value is -3.83. The minimum absolute atomic E-state index is 0.166. The van der Waals surface area contributed by atoms with Gasteiger partial charge in [0.15, 0.2) is 0 Å². The number of amides is 1. The summed E-state index contributed by atoms with van der Waals surface area (Å²) >= 11 is 13.2. The van der Waals surface area contributed by atoms with Crippen LogP contribution < -0.4 is 5.32 Å². The lowest BCUT2D eigenvalue weighted by atomic mass is 10.0. The second kappa shape index (κ2) is 11.3. The maximum absolute atomic E-state index is 13.0. The smallest absolute Gasteiger partial charge is 0.341 e. The van der Waals surface area contributed by atoms with Crippen molar-refractivity contribution in [3.8, 4) is 28.5 Å². The van der Waals surface area contributed by atoms with E-state index in [2.05, 4.69) is 5.32 Å². The number of rotatable bonds is 7. The molecule has 9 heteroatoms. The zero-order valence-corrected chi connectivity index (χ0v) is 21.2. The Balaban J connectivity index is 1.62. The van der Waals surface area contributed by atoms with E-state index in [0.29, 0.717) is 27.1 Å². The van der Waals surface area contributed by atoms with Crippen LogP contribution in [0.25, 0.3) is 28.5 Å². The number of carbonyl (C=O) groups excluding carboxylic acids is 2.